The molecule has 10 heteroatoms. The Morgan fingerprint density at radius 3 is 2.78 bits per heavy atom. The lowest BCUT2D eigenvalue weighted by Gasteiger charge is -2.24. The maximum atomic E-state index is 13.0. The van der Waals surface area contributed by atoms with Crippen LogP contribution in [0.15, 0.2) is 39.7 Å². The summed E-state index contributed by atoms with van der Waals surface area (Å²) < 4.78 is 8.23. The molecule has 1 aliphatic carbocycles. The number of aromatic nitrogens is 4. The predicted molar refractivity (Wildman–Crippen MR) is 115 cm³/mol. The molecule has 168 valence electrons. The van der Waals surface area contributed by atoms with Crippen molar-refractivity contribution in [3.8, 4) is 0 Å². The molecule has 10 nitrogen and oxygen atoms in total. The second-order valence-corrected chi connectivity index (χ2v) is 8.59. The Labute approximate surface area is 184 Å². The molecule has 2 fully saturated rings. The molecule has 3 heterocycles. The fraction of sp³-hybridized carbons (Fsp3) is 0.500. The Morgan fingerprint density at radius 2 is 1.94 bits per heavy atom. The van der Waals surface area contributed by atoms with Gasteiger partial charge in [-0.3, -0.25) is 14.2 Å². The Bertz CT molecular complexity index is 1190. The summed E-state index contributed by atoms with van der Waals surface area (Å²) in [5.74, 6) is -0.876. The average molecular weight is 438 g/mol. The zero-order valence-corrected chi connectivity index (χ0v) is 17.8. The minimum atomic E-state index is -0.538. The highest BCUT2D eigenvalue weighted by Crippen LogP contribution is 2.21. The van der Waals surface area contributed by atoms with E-state index in [2.05, 4.69) is 15.6 Å². The van der Waals surface area contributed by atoms with Crippen molar-refractivity contribution in [3.05, 3.63) is 46.7 Å². The maximum absolute atomic E-state index is 13.0. The molecular formula is C22H26N6O4. The lowest BCUT2D eigenvalue weighted by Crippen LogP contribution is -2.41. The van der Waals surface area contributed by atoms with Crippen LogP contribution in [0.3, 0.4) is 0 Å². The van der Waals surface area contributed by atoms with Gasteiger partial charge in [-0.05, 0) is 37.8 Å². The summed E-state index contributed by atoms with van der Waals surface area (Å²) in [7, 11) is 0. The summed E-state index contributed by atoms with van der Waals surface area (Å²) in [6.07, 6.45) is 7.65. The van der Waals surface area contributed by atoms with E-state index in [1.54, 1.807) is 34.0 Å². The second kappa shape index (κ2) is 8.60. The van der Waals surface area contributed by atoms with Gasteiger partial charge in [-0.15, -0.1) is 5.10 Å². The largest absolute Gasteiger partial charge is 0.420 e. The van der Waals surface area contributed by atoms with Crippen molar-refractivity contribution >= 4 is 22.9 Å². The van der Waals surface area contributed by atoms with E-state index in [1.807, 2.05) is 6.07 Å². The van der Waals surface area contributed by atoms with Gasteiger partial charge in [0.2, 0.25) is 5.91 Å². The molecule has 0 bridgehead atoms. The summed E-state index contributed by atoms with van der Waals surface area (Å²) in [5.41, 5.74) is 1.37. The lowest BCUT2D eigenvalue weighted by molar-refractivity contribution is -0.132. The maximum Gasteiger partial charge on any atom is 0.420 e. The highest BCUT2D eigenvalue weighted by atomic mass is 16.4. The van der Waals surface area contributed by atoms with Gasteiger partial charge in [0.05, 0.1) is 24.3 Å². The Hall–Kier alpha value is -3.43. The first kappa shape index (κ1) is 20.5. The SMILES string of the molecule is O=C(NC1CCCC1)c1cn(C[C@@H]2CCCN2C(=O)Cn2c(=O)oc3ccccc32)nn1. The van der Waals surface area contributed by atoms with Crippen molar-refractivity contribution in [1.29, 1.82) is 0 Å². The molecule has 1 atom stereocenters. The summed E-state index contributed by atoms with van der Waals surface area (Å²) in [4.78, 5) is 39.4. The van der Waals surface area contributed by atoms with Crippen LogP contribution in [0.25, 0.3) is 11.1 Å². The van der Waals surface area contributed by atoms with E-state index in [0.717, 1.165) is 38.5 Å². The van der Waals surface area contributed by atoms with Gasteiger partial charge in [0.15, 0.2) is 11.3 Å². The topological polar surface area (TPSA) is 115 Å². The van der Waals surface area contributed by atoms with E-state index < -0.39 is 5.76 Å². The molecule has 2 aromatic heterocycles. The molecule has 5 rings (SSSR count). The third kappa shape index (κ3) is 4.04. The minimum Gasteiger partial charge on any atom is -0.408 e. The van der Waals surface area contributed by atoms with Crippen LogP contribution >= 0.6 is 0 Å². The van der Waals surface area contributed by atoms with Crippen LogP contribution in [0, 0.1) is 0 Å². The molecule has 0 spiro atoms. The third-order valence-corrected chi connectivity index (χ3v) is 6.42. The summed E-state index contributed by atoms with van der Waals surface area (Å²) in [6.45, 7) is 1.01. The van der Waals surface area contributed by atoms with E-state index in [0.29, 0.717) is 29.9 Å². The molecule has 1 saturated carbocycles. The molecule has 1 N–H and O–H groups in total. The van der Waals surface area contributed by atoms with Crippen molar-refractivity contribution in [3.63, 3.8) is 0 Å². The number of rotatable bonds is 6. The van der Waals surface area contributed by atoms with Gasteiger partial charge in [0.25, 0.3) is 5.91 Å². The molecule has 2 aliphatic rings. The zero-order valence-electron chi connectivity index (χ0n) is 17.8. The quantitative estimate of drug-likeness (QED) is 0.624. The van der Waals surface area contributed by atoms with Crippen LogP contribution in [0.2, 0.25) is 0 Å². The molecule has 0 unspecified atom stereocenters. The number of benzene rings is 1. The standard InChI is InChI=1S/C22H26N6O4/c29-20(14-28-18-9-3-4-10-19(18)32-22(28)31)27-11-5-8-16(27)12-26-13-17(24-25-26)21(30)23-15-6-1-2-7-15/h3-4,9-10,13,15-16H,1-2,5-8,11-12,14H2,(H,23,30)/t16-/m0/s1. The number of amides is 2. The fourth-order valence-corrected chi connectivity index (χ4v) is 4.78. The van der Waals surface area contributed by atoms with Gasteiger partial charge < -0.3 is 14.6 Å². The monoisotopic (exact) mass is 438 g/mol. The number of nitrogens with one attached hydrogen (secondary N) is 1. The van der Waals surface area contributed by atoms with Crippen molar-refractivity contribution in [2.24, 2.45) is 0 Å². The molecule has 1 saturated heterocycles. The van der Waals surface area contributed by atoms with Gasteiger partial charge in [0.1, 0.15) is 6.54 Å². The number of likely N-dealkylation sites (tertiary alicyclic amines) is 1. The number of carbonyl (C=O) groups excluding carboxylic acids is 2. The third-order valence-electron chi connectivity index (χ3n) is 6.42. The number of fused-ring (bicyclic) bond motifs is 1. The van der Waals surface area contributed by atoms with Crippen LogP contribution in [0.5, 0.6) is 0 Å². The van der Waals surface area contributed by atoms with E-state index in [9.17, 15) is 14.4 Å². The minimum absolute atomic E-state index is 0.0659. The van der Waals surface area contributed by atoms with Crippen LogP contribution < -0.4 is 11.1 Å². The lowest BCUT2D eigenvalue weighted by atomic mass is 10.2. The molecule has 3 aromatic rings. The summed E-state index contributed by atoms with van der Waals surface area (Å²) in [6, 6.07) is 7.22. The van der Waals surface area contributed by atoms with E-state index in [1.165, 1.54) is 4.57 Å². The smallest absolute Gasteiger partial charge is 0.408 e. The van der Waals surface area contributed by atoms with Crippen LogP contribution in [0.1, 0.15) is 49.0 Å². The van der Waals surface area contributed by atoms with E-state index >= 15 is 0 Å². The van der Waals surface area contributed by atoms with Gasteiger partial charge in [-0.1, -0.05) is 30.2 Å². The van der Waals surface area contributed by atoms with Crippen molar-refractivity contribution < 1.29 is 14.0 Å². The fourth-order valence-electron chi connectivity index (χ4n) is 4.78. The van der Waals surface area contributed by atoms with Gasteiger partial charge in [-0.25, -0.2) is 9.48 Å². The predicted octanol–water partition coefficient (Wildman–Crippen LogP) is 1.55. The van der Waals surface area contributed by atoms with Crippen LogP contribution in [-0.2, 0) is 17.9 Å². The Balaban J connectivity index is 1.24. The van der Waals surface area contributed by atoms with Gasteiger partial charge >= 0.3 is 5.76 Å². The summed E-state index contributed by atoms with van der Waals surface area (Å²) >= 11 is 0. The molecule has 0 radical (unpaired) electrons. The normalized spacial score (nSPS) is 19.1. The first-order valence-electron chi connectivity index (χ1n) is 11.2. The number of carbonyl (C=O) groups is 2. The molecule has 1 aliphatic heterocycles. The molecule has 2 amide bonds. The number of nitrogens with zero attached hydrogens (tertiary/aromatic N) is 5. The first-order chi connectivity index (χ1) is 15.6. The highest BCUT2D eigenvalue weighted by molar-refractivity contribution is 5.92. The van der Waals surface area contributed by atoms with Crippen molar-refractivity contribution in [1.82, 2.24) is 29.8 Å². The number of oxazole rings is 1. The Kier molecular flexibility index (Phi) is 5.50. The number of hydrogen-bond acceptors (Lipinski definition) is 6. The molecule has 1 aromatic carbocycles. The molecular weight excluding hydrogens is 412 g/mol. The van der Waals surface area contributed by atoms with Crippen molar-refractivity contribution in [2.45, 2.75) is 63.7 Å². The van der Waals surface area contributed by atoms with E-state index in [-0.39, 0.29) is 30.4 Å². The van der Waals surface area contributed by atoms with Crippen molar-refractivity contribution in [2.75, 3.05) is 6.54 Å². The average Bonchev–Trinajstić information content (AvgIpc) is 3.57. The second-order valence-electron chi connectivity index (χ2n) is 8.59. The van der Waals surface area contributed by atoms with E-state index in [4.69, 9.17) is 4.42 Å². The number of hydrogen-bond donors (Lipinski definition) is 1. The highest BCUT2D eigenvalue weighted by Gasteiger charge is 2.30. The zero-order chi connectivity index (χ0) is 22.1. The molecule has 32 heavy (non-hydrogen) atoms. The Morgan fingerprint density at radius 1 is 1.12 bits per heavy atom. The van der Waals surface area contributed by atoms with Gasteiger partial charge in [0, 0.05) is 12.6 Å². The summed E-state index contributed by atoms with van der Waals surface area (Å²) in [5, 5.41) is 11.1. The first-order valence-corrected chi connectivity index (χ1v) is 11.2. The van der Waals surface area contributed by atoms with Gasteiger partial charge in [-0.2, -0.15) is 0 Å². The number of para-hydroxylation sites is 2. The van der Waals surface area contributed by atoms with Crippen LogP contribution in [0.4, 0.5) is 0 Å². The van der Waals surface area contributed by atoms with Crippen LogP contribution in [-0.4, -0.2) is 54.9 Å².